The van der Waals surface area contributed by atoms with Crippen LogP contribution in [0, 0.1) is 12.8 Å². The maximum Gasteiger partial charge on any atom is 0.224 e. The van der Waals surface area contributed by atoms with Crippen molar-refractivity contribution in [2.24, 2.45) is 11.7 Å². The number of piperidine rings is 1. The number of rotatable bonds is 5. The molecule has 2 heterocycles. The Bertz CT molecular complexity index is 449. The van der Waals surface area contributed by atoms with Crippen LogP contribution in [-0.2, 0) is 11.3 Å². The van der Waals surface area contributed by atoms with E-state index in [9.17, 15) is 4.79 Å². The summed E-state index contributed by atoms with van der Waals surface area (Å²) in [5.41, 5.74) is 7.74. The molecule has 1 aromatic rings. The summed E-state index contributed by atoms with van der Waals surface area (Å²) >= 11 is 0. The highest BCUT2D eigenvalue weighted by molar-refractivity contribution is 5.78. The van der Waals surface area contributed by atoms with Crippen LogP contribution in [0.4, 0.5) is 0 Å². The van der Waals surface area contributed by atoms with Crippen molar-refractivity contribution in [2.45, 2.75) is 26.3 Å². The van der Waals surface area contributed by atoms with Gasteiger partial charge in [0.2, 0.25) is 5.91 Å². The van der Waals surface area contributed by atoms with Gasteiger partial charge in [0.25, 0.3) is 0 Å². The van der Waals surface area contributed by atoms with Gasteiger partial charge in [-0.1, -0.05) is 6.07 Å². The Morgan fingerprint density at radius 2 is 2.45 bits per heavy atom. The number of nitrogens with zero attached hydrogens (tertiary/aromatic N) is 2. The molecule has 3 N–H and O–H groups in total. The molecule has 1 fully saturated rings. The second kappa shape index (κ2) is 7.36. The van der Waals surface area contributed by atoms with Gasteiger partial charge in [-0.3, -0.25) is 14.7 Å². The average Bonchev–Trinajstić information content (AvgIpc) is 2.47. The minimum Gasteiger partial charge on any atom is -0.355 e. The largest absolute Gasteiger partial charge is 0.355 e. The molecule has 1 aliphatic rings. The molecule has 2 rings (SSSR count). The Hall–Kier alpha value is -1.46. The molecule has 1 atom stereocenters. The van der Waals surface area contributed by atoms with E-state index in [4.69, 9.17) is 5.73 Å². The topological polar surface area (TPSA) is 71.2 Å². The molecule has 1 amide bonds. The number of pyridine rings is 1. The van der Waals surface area contributed by atoms with Gasteiger partial charge in [-0.15, -0.1) is 0 Å². The van der Waals surface area contributed by atoms with Crippen molar-refractivity contribution >= 4 is 5.91 Å². The number of hydrogen-bond donors (Lipinski definition) is 2. The first-order chi connectivity index (χ1) is 9.70. The van der Waals surface area contributed by atoms with Crippen molar-refractivity contribution in [1.29, 1.82) is 0 Å². The van der Waals surface area contributed by atoms with Gasteiger partial charge in [-0.2, -0.15) is 0 Å². The van der Waals surface area contributed by atoms with Crippen LogP contribution in [0.3, 0.4) is 0 Å². The average molecular weight is 276 g/mol. The number of nitrogens with two attached hydrogens (primary N) is 1. The Kier molecular flexibility index (Phi) is 5.49. The predicted molar refractivity (Wildman–Crippen MR) is 79.0 cm³/mol. The van der Waals surface area contributed by atoms with Crippen molar-refractivity contribution < 1.29 is 4.79 Å². The van der Waals surface area contributed by atoms with Crippen LogP contribution in [-0.4, -0.2) is 42.0 Å². The fraction of sp³-hybridized carbons (Fsp3) is 0.600. The molecular weight excluding hydrogens is 252 g/mol. The SMILES string of the molecule is Cc1cccnc1CN1CCCC(C(=O)NCCN)C1. The molecule has 1 aliphatic heterocycles. The van der Waals surface area contributed by atoms with E-state index < -0.39 is 0 Å². The molecule has 20 heavy (non-hydrogen) atoms. The second-order valence-electron chi connectivity index (χ2n) is 5.42. The molecule has 1 saturated heterocycles. The normalized spacial score (nSPS) is 19.8. The minimum absolute atomic E-state index is 0.0827. The summed E-state index contributed by atoms with van der Waals surface area (Å²) in [7, 11) is 0. The van der Waals surface area contributed by atoms with E-state index in [1.54, 1.807) is 0 Å². The number of likely N-dealkylation sites (tertiary alicyclic amines) is 1. The van der Waals surface area contributed by atoms with Crippen LogP contribution in [0.25, 0.3) is 0 Å². The van der Waals surface area contributed by atoms with Gasteiger partial charge in [0.1, 0.15) is 0 Å². The highest BCUT2D eigenvalue weighted by Gasteiger charge is 2.25. The summed E-state index contributed by atoms with van der Waals surface area (Å²) in [6.45, 7) is 5.82. The first-order valence-corrected chi connectivity index (χ1v) is 7.31. The van der Waals surface area contributed by atoms with E-state index in [1.165, 1.54) is 5.56 Å². The third kappa shape index (κ3) is 4.02. The van der Waals surface area contributed by atoms with Crippen molar-refractivity contribution in [2.75, 3.05) is 26.2 Å². The molecule has 5 nitrogen and oxygen atoms in total. The van der Waals surface area contributed by atoms with E-state index in [2.05, 4.69) is 28.2 Å². The first-order valence-electron chi connectivity index (χ1n) is 7.31. The highest BCUT2D eigenvalue weighted by Crippen LogP contribution is 2.19. The number of amides is 1. The Morgan fingerprint density at radius 1 is 1.60 bits per heavy atom. The summed E-state index contributed by atoms with van der Waals surface area (Å²) in [5, 5.41) is 2.89. The minimum atomic E-state index is 0.0827. The standard InChI is InChI=1S/C15H24N4O/c1-12-4-2-7-17-14(12)11-19-9-3-5-13(10-19)15(20)18-8-6-16/h2,4,7,13H,3,5-6,8-11,16H2,1H3,(H,18,20). The zero-order chi connectivity index (χ0) is 14.4. The molecule has 0 aromatic carbocycles. The Balaban J connectivity index is 1.90. The van der Waals surface area contributed by atoms with Gasteiger partial charge >= 0.3 is 0 Å². The van der Waals surface area contributed by atoms with E-state index in [0.29, 0.717) is 13.1 Å². The molecule has 0 saturated carbocycles. The van der Waals surface area contributed by atoms with Gasteiger partial charge in [-0.25, -0.2) is 0 Å². The van der Waals surface area contributed by atoms with Crippen molar-refractivity contribution in [3.63, 3.8) is 0 Å². The summed E-state index contributed by atoms with van der Waals surface area (Å²) in [6, 6.07) is 4.04. The lowest BCUT2D eigenvalue weighted by molar-refractivity contribution is -0.126. The Labute approximate surface area is 120 Å². The number of aryl methyl sites for hydroxylation is 1. The van der Waals surface area contributed by atoms with Gasteiger partial charge in [0.15, 0.2) is 0 Å². The van der Waals surface area contributed by atoms with E-state index in [-0.39, 0.29) is 11.8 Å². The summed E-state index contributed by atoms with van der Waals surface area (Å²) in [4.78, 5) is 18.8. The number of carbonyl (C=O) groups excluding carboxylic acids is 1. The lowest BCUT2D eigenvalue weighted by Gasteiger charge is -2.32. The van der Waals surface area contributed by atoms with Crippen LogP contribution in [0.1, 0.15) is 24.1 Å². The summed E-state index contributed by atoms with van der Waals surface area (Å²) in [5.74, 6) is 0.220. The maximum atomic E-state index is 12.0. The molecule has 1 unspecified atom stereocenters. The molecule has 0 radical (unpaired) electrons. The fourth-order valence-electron chi connectivity index (χ4n) is 2.65. The molecule has 5 heteroatoms. The highest BCUT2D eigenvalue weighted by atomic mass is 16.1. The van der Waals surface area contributed by atoms with Crippen molar-refractivity contribution in [3.05, 3.63) is 29.6 Å². The molecular formula is C15H24N4O. The fourth-order valence-corrected chi connectivity index (χ4v) is 2.65. The van der Waals surface area contributed by atoms with E-state index >= 15 is 0 Å². The van der Waals surface area contributed by atoms with Gasteiger partial charge in [0, 0.05) is 32.4 Å². The third-order valence-electron chi connectivity index (χ3n) is 3.81. The van der Waals surface area contributed by atoms with Crippen LogP contribution < -0.4 is 11.1 Å². The van der Waals surface area contributed by atoms with Crippen LogP contribution >= 0.6 is 0 Å². The number of nitrogens with one attached hydrogen (secondary N) is 1. The smallest absolute Gasteiger partial charge is 0.224 e. The molecule has 0 aliphatic carbocycles. The van der Waals surface area contributed by atoms with Crippen molar-refractivity contribution in [1.82, 2.24) is 15.2 Å². The zero-order valence-corrected chi connectivity index (χ0v) is 12.1. The Morgan fingerprint density at radius 3 is 3.20 bits per heavy atom. The lowest BCUT2D eigenvalue weighted by Crippen LogP contribution is -2.43. The van der Waals surface area contributed by atoms with Crippen molar-refractivity contribution in [3.8, 4) is 0 Å². The van der Waals surface area contributed by atoms with Gasteiger partial charge in [0.05, 0.1) is 11.6 Å². The van der Waals surface area contributed by atoms with Gasteiger partial charge in [-0.05, 0) is 37.9 Å². The molecule has 110 valence electrons. The quantitative estimate of drug-likeness (QED) is 0.829. The molecule has 0 spiro atoms. The summed E-state index contributed by atoms with van der Waals surface area (Å²) < 4.78 is 0. The van der Waals surface area contributed by atoms with Crippen LogP contribution in [0.15, 0.2) is 18.3 Å². The van der Waals surface area contributed by atoms with Gasteiger partial charge < -0.3 is 11.1 Å². The number of carbonyl (C=O) groups is 1. The number of aromatic nitrogens is 1. The predicted octanol–water partition coefficient (Wildman–Crippen LogP) is 0.677. The third-order valence-corrected chi connectivity index (χ3v) is 3.81. The van der Waals surface area contributed by atoms with E-state index in [0.717, 1.165) is 38.2 Å². The molecule has 0 bridgehead atoms. The second-order valence-corrected chi connectivity index (χ2v) is 5.42. The molecule has 1 aromatic heterocycles. The van der Waals surface area contributed by atoms with Crippen LogP contribution in [0.5, 0.6) is 0 Å². The number of hydrogen-bond acceptors (Lipinski definition) is 4. The zero-order valence-electron chi connectivity index (χ0n) is 12.1. The van der Waals surface area contributed by atoms with E-state index in [1.807, 2.05) is 12.3 Å². The summed E-state index contributed by atoms with van der Waals surface area (Å²) in [6.07, 6.45) is 3.86. The van der Waals surface area contributed by atoms with Crippen LogP contribution in [0.2, 0.25) is 0 Å². The first kappa shape index (κ1) is 14.9. The monoisotopic (exact) mass is 276 g/mol. The maximum absolute atomic E-state index is 12.0. The lowest BCUT2D eigenvalue weighted by atomic mass is 9.97.